The molecule has 1 aliphatic heterocycles. The van der Waals surface area contributed by atoms with Gasteiger partial charge in [0.1, 0.15) is 12.1 Å². The molecule has 2 N–H and O–H groups in total. The van der Waals surface area contributed by atoms with Gasteiger partial charge in [-0.1, -0.05) is 44.2 Å². The maximum absolute atomic E-state index is 13.6. The van der Waals surface area contributed by atoms with Crippen LogP contribution < -0.4 is 5.32 Å². The Balaban J connectivity index is 1.48. The molecule has 1 aliphatic rings. The van der Waals surface area contributed by atoms with Crippen LogP contribution in [0.2, 0.25) is 0 Å². The molecule has 4 rings (SSSR count). The zero-order valence-corrected chi connectivity index (χ0v) is 21.4. The number of hydrogen-bond acceptors (Lipinski definition) is 5. The van der Waals surface area contributed by atoms with E-state index in [4.69, 9.17) is 0 Å². The van der Waals surface area contributed by atoms with Gasteiger partial charge in [0.25, 0.3) is 0 Å². The van der Waals surface area contributed by atoms with E-state index in [1.54, 1.807) is 17.4 Å². The summed E-state index contributed by atoms with van der Waals surface area (Å²) in [5.41, 5.74) is 4.60. The normalized spacial score (nSPS) is 17.3. The fourth-order valence-corrected chi connectivity index (χ4v) is 4.99. The quantitative estimate of drug-likeness (QED) is 0.504. The van der Waals surface area contributed by atoms with E-state index in [1.807, 2.05) is 74.9 Å². The average molecular weight is 490 g/mol. The van der Waals surface area contributed by atoms with Gasteiger partial charge in [0, 0.05) is 24.5 Å². The van der Waals surface area contributed by atoms with Crippen molar-refractivity contribution < 1.29 is 14.7 Å². The number of aliphatic hydroxyl groups is 1. The molecule has 190 valence electrons. The molecule has 2 amide bonds. The molecule has 0 radical (unpaired) electrons. The predicted octanol–water partition coefficient (Wildman–Crippen LogP) is 3.60. The lowest BCUT2D eigenvalue weighted by atomic mass is 10.0. The highest BCUT2D eigenvalue weighted by atomic mass is 16.3. The number of hydrogen-bond donors (Lipinski definition) is 2. The highest BCUT2D eigenvalue weighted by Gasteiger charge is 2.39. The van der Waals surface area contributed by atoms with Gasteiger partial charge < -0.3 is 19.9 Å². The average Bonchev–Trinajstić information content (AvgIpc) is 3.52. The Morgan fingerprint density at radius 2 is 1.89 bits per heavy atom. The van der Waals surface area contributed by atoms with Crippen LogP contribution in [0.3, 0.4) is 0 Å². The molecule has 0 bridgehead atoms. The first kappa shape index (κ1) is 25.6. The molecule has 8 heteroatoms. The van der Waals surface area contributed by atoms with E-state index in [2.05, 4.69) is 15.3 Å². The van der Waals surface area contributed by atoms with Crippen LogP contribution in [0.25, 0.3) is 11.3 Å². The molecule has 1 fully saturated rings. The fourth-order valence-electron chi connectivity index (χ4n) is 4.99. The number of imidazole rings is 1. The van der Waals surface area contributed by atoms with Crippen LogP contribution in [-0.2, 0) is 9.59 Å². The number of benzene rings is 1. The zero-order valence-electron chi connectivity index (χ0n) is 21.4. The second-order valence-corrected chi connectivity index (χ2v) is 9.88. The molecule has 1 aromatic carbocycles. The third kappa shape index (κ3) is 5.33. The summed E-state index contributed by atoms with van der Waals surface area (Å²) in [5.74, 6) is -0.272. The third-order valence-electron chi connectivity index (χ3n) is 6.87. The van der Waals surface area contributed by atoms with Crippen LogP contribution in [0.5, 0.6) is 0 Å². The number of nitrogens with one attached hydrogen (secondary N) is 1. The summed E-state index contributed by atoms with van der Waals surface area (Å²) in [6.07, 6.45) is 6.67. The van der Waals surface area contributed by atoms with Crippen LogP contribution in [-0.4, -0.2) is 55.5 Å². The maximum atomic E-state index is 13.6. The molecule has 0 aliphatic carbocycles. The lowest BCUT2D eigenvalue weighted by Gasteiger charge is -2.31. The molecular weight excluding hydrogens is 454 g/mol. The molecule has 3 aromatic rings. The van der Waals surface area contributed by atoms with Crippen LogP contribution in [0, 0.1) is 19.8 Å². The molecule has 3 heterocycles. The first-order valence-corrected chi connectivity index (χ1v) is 12.5. The Hall–Kier alpha value is -3.52. The standard InChI is InChI=1S/C28H35N5O3/c1-18(2)26(32-15-20(4)30-17-32)28(36)33-14-6-8-24(33)27(35)31-23(16-34)21-9-11-22(12-10-21)25-19(3)7-5-13-29-25/h5,7,9-13,15,17-18,23-24,26,34H,6,8,14,16H2,1-4H3,(H,31,35)/t23-,24-,26-/m0/s1. The van der Waals surface area contributed by atoms with E-state index >= 15 is 0 Å². The highest BCUT2D eigenvalue weighted by Crippen LogP contribution is 2.28. The Morgan fingerprint density at radius 1 is 1.14 bits per heavy atom. The smallest absolute Gasteiger partial charge is 0.246 e. The number of likely N-dealkylation sites (tertiary alicyclic amines) is 1. The predicted molar refractivity (Wildman–Crippen MR) is 138 cm³/mol. The number of aromatic nitrogens is 3. The third-order valence-corrected chi connectivity index (χ3v) is 6.87. The molecule has 3 atom stereocenters. The van der Waals surface area contributed by atoms with Gasteiger partial charge >= 0.3 is 0 Å². The van der Waals surface area contributed by atoms with Gasteiger partial charge in [-0.2, -0.15) is 0 Å². The molecule has 8 nitrogen and oxygen atoms in total. The molecule has 1 saturated heterocycles. The van der Waals surface area contributed by atoms with Crippen molar-refractivity contribution in [3.05, 3.63) is 71.9 Å². The van der Waals surface area contributed by atoms with E-state index in [0.29, 0.717) is 13.0 Å². The van der Waals surface area contributed by atoms with Crippen molar-refractivity contribution in [1.82, 2.24) is 24.8 Å². The number of carbonyl (C=O) groups is 2. The topological polar surface area (TPSA) is 100 Å². The number of nitrogens with zero attached hydrogens (tertiary/aromatic N) is 4. The maximum Gasteiger partial charge on any atom is 0.246 e. The summed E-state index contributed by atoms with van der Waals surface area (Å²) in [6.45, 7) is 8.21. The van der Waals surface area contributed by atoms with E-state index in [9.17, 15) is 14.7 Å². The lowest BCUT2D eigenvalue weighted by molar-refractivity contribution is -0.142. The molecule has 36 heavy (non-hydrogen) atoms. The molecule has 0 saturated carbocycles. The molecular formula is C28H35N5O3. The van der Waals surface area contributed by atoms with E-state index in [-0.39, 0.29) is 24.3 Å². The van der Waals surface area contributed by atoms with Crippen molar-refractivity contribution in [3.8, 4) is 11.3 Å². The summed E-state index contributed by atoms with van der Waals surface area (Å²) < 4.78 is 1.84. The summed E-state index contributed by atoms with van der Waals surface area (Å²) in [5, 5.41) is 13.0. The SMILES string of the molecule is Cc1cn([C@H](C(=O)N2CCC[C@H]2C(=O)N[C@@H](CO)c2ccc(-c3ncccc3C)cc2)C(C)C)cn1. The van der Waals surface area contributed by atoms with Gasteiger partial charge in [-0.3, -0.25) is 14.6 Å². The summed E-state index contributed by atoms with van der Waals surface area (Å²) in [4.78, 5) is 37.3. The molecule has 0 spiro atoms. The van der Waals surface area contributed by atoms with Crippen molar-refractivity contribution in [3.63, 3.8) is 0 Å². The first-order chi connectivity index (χ1) is 17.3. The van der Waals surface area contributed by atoms with Crippen molar-refractivity contribution in [2.45, 2.75) is 58.7 Å². The van der Waals surface area contributed by atoms with Crippen LogP contribution >= 0.6 is 0 Å². The van der Waals surface area contributed by atoms with Gasteiger partial charge in [0.2, 0.25) is 11.8 Å². The summed E-state index contributed by atoms with van der Waals surface area (Å²) in [6, 6.07) is 10.1. The van der Waals surface area contributed by atoms with E-state index in [1.165, 1.54) is 0 Å². The van der Waals surface area contributed by atoms with Crippen molar-refractivity contribution in [2.24, 2.45) is 5.92 Å². The van der Waals surface area contributed by atoms with Crippen LogP contribution in [0.15, 0.2) is 55.1 Å². The molecule has 2 aromatic heterocycles. The Labute approximate surface area is 212 Å². The Bertz CT molecular complexity index is 1200. The number of aliphatic hydroxyl groups excluding tert-OH is 1. The number of rotatable bonds is 8. The number of pyridine rings is 1. The number of carbonyl (C=O) groups excluding carboxylic acids is 2. The van der Waals surface area contributed by atoms with Crippen molar-refractivity contribution >= 4 is 11.8 Å². The van der Waals surface area contributed by atoms with Crippen LogP contribution in [0.1, 0.15) is 55.6 Å². The van der Waals surface area contributed by atoms with Crippen molar-refractivity contribution in [1.29, 1.82) is 0 Å². The lowest BCUT2D eigenvalue weighted by Crippen LogP contribution is -2.49. The largest absolute Gasteiger partial charge is 0.394 e. The zero-order chi connectivity index (χ0) is 25.8. The van der Waals surface area contributed by atoms with Crippen LogP contribution in [0.4, 0.5) is 0 Å². The number of aryl methyl sites for hydroxylation is 2. The van der Waals surface area contributed by atoms with Crippen molar-refractivity contribution in [2.75, 3.05) is 13.2 Å². The second kappa shape index (κ2) is 11.0. The van der Waals surface area contributed by atoms with Gasteiger partial charge in [-0.25, -0.2) is 4.98 Å². The fraction of sp³-hybridized carbons (Fsp3) is 0.429. The Kier molecular flexibility index (Phi) is 7.84. The minimum atomic E-state index is -0.564. The van der Waals surface area contributed by atoms with Gasteiger partial charge in [-0.15, -0.1) is 0 Å². The minimum Gasteiger partial charge on any atom is -0.394 e. The minimum absolute atomic E-state index is 0.0434. The second-order valence-electron chi connectivity index (χ2n) is 9.88. The number of amides is 2. The first-order valence-electron chi connectivity index (χ1n) is 12.5. The summed E-state index contributed by atoms with van der Waals surface area (Å²) >= 11 is 0. The summed E-state index contributed by atoms with van der Waals surface area (Å²) in [7, 11) is 0. The van der Waals surface area contributed by atoms with E-state index in [0.717, 1.165) is 34.5 Å². The monoisotopic (exact) mass is 489 g/mol. The molecule has 0 unspecified atom stereocenters. The van der Waals surface area contributed by atoms with Gasteiger partial charge in [0.15, 0.2) is 0 Å². The van der Waals surface area contributed by atoms with E-state index < -0.39 is 18.1 Å². The van der Waals surface area contributed by atoms with Gasteiger partial charge in [-0.05, 0) is 49.8 Å². The Morgan fingerprint density at radius 3 is 2.50 bits per heavy atom. The highest BCUT2D eigenvalue weighted by molar-refractivity contribution is 5.90. The van der Waals surface area contributed by atoms with Gasteiger partial charge in [0.05, 0.1) is 30.4 Å².